The molecule has 1 amide bonds. The molecule has 1 saturated heterocycles. The maximum atomic E-state index is 12.8. The molecule has 0 bridgehead atoms. The molecule has 5 heteroatoms. The van der Waals surface area contributed by atoms with Crippen molar-refractivity contribution in [3.63, 3.8) is 0 Å². The number of likely N-dealkylation sites (tertiary alicyclic amines) is 1. The second-order valence-corrected chi connectivity index (χ2v) is 6.63. The molecular weight excluding hydrogens is 300 g/mol. The molecule has 1 unspecified atom stereocenters. The Morgan fingerprint density at radius 1 is 1.29 bits per heavy atom. The molecule has 0 N–H and O–H groups in total. The van der Waals surface area contributed by atoms with Gasteiger partial charge in [0.25, 0.3) is 0 Å². The number of aromatic nitrogens is 3. The van der Waals surface area contributed by atoms with Crippen molar-refractivity contribution in [2.45, 2.75) is 38.9 Å². The van der Waals surface area contributed by atoms with Gasteiger partial charge in [0.1, 0.15) is 6.54 Å². The van der Waals surface area contributed by atoms with Crippen molar-refractivity contribution in [3.8, 4) is 0 Å². The molecule has 1 atom stereocenters. The Morgan fingerprint density at radius 3 is 3.00 bits per heavy atom. The van der Waals surface area contributed by atoms with Crippen LogP contribution in [0.2, 0.25) is 0 Å². The second-order valence-electron chi connectivity index (χ2n) is 6.63. The molecule has 0 saturated carbocycles. The van der Waals surface area contributed by atoms with Gasteiger partial charge in [-0.2, -0.15) is 5.10 Å². The molecule has 1 aromatic carbocycles. The second kappa shape index (κ2) is 6.15. The molecular formula is C19H22N4O. The van der Waals surface area contributed by atoms with E-state index in [1.54, 1.807) is 0 Å². The molecule has 1 aliphatic heterocycles. The van der Waals surface area contributed by atoms with Crippen molar-refractivity contribution in [1.82, 2.24) is 19.2 Å². The predicted octanol–water partition coefficient (Wildman–Crippen LogP) is 2.84. The van der Waals surface area contributed by atoms with Crippen LogP contribution in [0.3, 0.4) is 0 Å². The zero-order valence-electron chi connectivity index (χ0n) is 13.9. The summed E-state index contributed by atoms with van der Waals surface area (Å²) >= 11 is 0. The summed E-state index contributed by atoms with van der Waals surface area (Å²) in [6.45, 7) is 4.08. The first kappa shape index (κ1) is 15.0. The highest BCUT2D eigenvalue weighted by molar-refractivity contribution is 5.83. The van der Waals surface area contributed by atoms with Gasteiger partial charge in [0.2, 0.25) is 5.91 Å². The maximum absolute atomic E-state index is 12.8. The number of benzene rings is 1. The summed E-state index contributed by atoms with van der Waals surface area (Å²) in [6, 6.07) is 10.5. The fourth-order valence-electron chi connectivity index (χ4n) is 3.65. The fraction of sp³-hybridized carbons (Fsp3) is 0.368. The van der Waals surface area contributed by atoms with Crippen LogP contribution in [0, 0.1) is 6.92 Å². The van der Waals surface area contributed by atoms with E-state index >= 15 is 0 Å². The smallest absolute Gasteiger partial charge is 0.242 e. The molecule has 0 spiro atoms. The van der Waals surface area contributed by atoms with Crippen LogP contribution in [0.15, 0.2) is 48.9 Å². The average molecular weight is 322 g/mol. The lowest BCUT2D eigenvalue weighted by molar-refractivity contribution is -0.132. The lowest BCUT2D eigenvalue weighted by atomic mass is 10.2. The number of para-hydroxylation sites is 1. The number of amides is 1. The first-order valence-electron chi connectivity index (χ1n) is 8.53. The highest BCUT2D eigenvalue weighted by Gasteiger charge is 2.29. The summed E-state index contributed by atoms with van der Waals surface area (Å²) in [5.74, 6) is 0.197. The van der Waals surface area contributed by atoms with E-state index in [-0.39, 0.29) is 11.9 Å². The largest absolute Gasteiger partial charge is 0.338 e. The van der Waals surface area contributed by atoms with Crippen molar-refractivity contribution >= 4 is 16.8 Å². The number of rotatable bonds is 4. The molecule has 1 fully saturated rings. The molecule has 24 heavy (non-hydrogen) atoms. The van der Waals surface area contributed by atoms with Crippen LogP contribution in [0.25, 0.3) is 10.9 Å². The standard InChI is InChI=1S/C19H22N4O/c1-15-11-20-22(12-15)13-17-6-4-9-23(17)19(24)14-21-10-8-16-5-2-3-7-18(16)21/h2-3,5,7-8,10-12,17H,4,6,9,13-14H2,1H3. The van der Waals surface area contributed by atoms with Gasteiger partial charge in [0.15, 0.2) is 0 Å². The number of aryl methyl sites for hydroxylation is 1. The third-order valence-electron chi connectivity index (χ3n) is 4.84. The molecule has 3 heterocycles. The molecule has 3 aromatic rings. The van der Waals surface area contributed by atoms with E-state index in [9.17, 15) is 4.79 Å². The third kappa shape index (κ3) is 2.82. The first-order chi connectivity index (χ1) is 11.7. The topological polar surface area (TPSA) is 43.1 Å². The Labute approximate surface area is 141 Å². The minimum Gasteiger partial charge on any atom is -0.338 e. The summed E-state index contributed by atoms with van der Waals surface area (Å²) < 4.78 is 4.00. The average Bonchev–Trinajstić information content (AvgIpc) is 3.29. The number of carbonyl (C=O) groups excluding carboxylic acids is 1. The van der Waals surface area contributed by atoms with E-state index in [1.165, 1.54) is 5.39 Å². The lowest BCUT2D eigenvalue weighted by Crippen LogP contribution is -2.40. The van der Waals surface area contributed by atoms with Crippen LogP contribution in [-0.2, 0) is 17.9 Å². The SMILES string of the molecule is Cc1cnn(CC2CCCN2C(=O)Cn2ccc3ccccc32)c1. The predicted molar refractivity (Wildman–Crippen MR) is 93.6 cm³/mol. The summed E-state index contributed by atoms with van der Waals surface area (Å²) in [5.41, 5.74) is 2.27. The quantitative estimate of drug-likeness (QED) is 0.741. The van der Waals surface area contributed by atoms with Gasteiger partial charge in [0, 0.05) is 24.5 Å². The van der Waals surface area contributed by atoms with Gasteiger partial charge in [-0.05, 0) is 42.8 Å². The van der Waals surface area contributed by atoms with Crippen molar-refractivity contribution in [2.75, 3.05) is 6.54 Å². The zero-order chi connectivity index (χ0) is 16.5. The highest BCUT2D eigenvalue weighted by atomic mass is 16.2. The highest BCUT2D eigenvalue weighted by Crippen LogP contribution is 2.21. The van der Waals surface area contributed by atoms with Gasteiger partial charge in [-0.3, -0.25) is 9.48 Å². The Bertz CT molecular complexity index is 863. The number of carbonyl (C=O) groups is 1. The van der Waals surface area contributed by atoms with E-state index in [4.69, 9.17) is 0 Å². The van der Waals surface area contributed by atoms with Gasteiger partial charge in [-0.25, -0.2) is 0 Å². The minimum atomic E-state index is 0.197. The van der Waals surface area contributed by atoms with Gasteiger partial charge in [-0.1, -0.05) is 18.2 Å². The molecule has 0 radical (unpaired) electrons. The monoisotopic (exact) mass is 322 g/mol. The fourth-order valence-corrected chi connectivity index (χ4v) is 3.65. The van der Waals surface area contributed by atoms with Gasteiger partial charge in [-0.15, -0.1) is 0 Å². The normalized spacial score (nSPS) is 17.7. The molecule has 124 valence electrons. The van der Waals surface area contributed by atoms with Crippen molar-refractivity contribution in [2.24, 2.45) is 0 Å². The Balaban J connectivity index is 1.48. The van der Waals surface area contributed by atoms with Crippen molar-refractivity contribution in [1.29, 1.82) is 0 Å². The summed E-state index contributed by atoms with van der Waals surface area (Å²) in [6.07, 6.45) is 8.04. The van der Waals surface area contributed by atoms with Gasteiger partial charge < -0.3 is 9.47 Å². The van der Waals surface area contributed by atoms with Crippen LogP contribution in [0.4, 0.5) is 0 Å². The molecule has 5 nitrogen and oxygen atoms in total. The van der Waals surface area contributed by atoms with E-state index in [1.807, 2.05) is 51.8 Å². The van der Waals surface area contributed by atoms with Gasteiger partial charge in [0.05, 0.1) is 18.8 Å². The van der Waals surface area contributed by atoms with Crippen LogP contribution in [-0.4, -0.2) is 37.7 Å². The third-order valence-corrected chi connectivity index (χ3v) is 4.84. The van der Waals surface area contributed by atoms with E-state index in [0.717, 1.165) is 37.0 Å². The van der Waals surface area contributed by atoms with Crippen molar-refractivity contribution < 1.29 is 4.79 Å². The number of hydrogen-bond acceptors (Lipinski definition) is 2. The van der Waals surface area contributed by atoms with E-state index < -0.39 is 0 Å². The van der Waals surface area contributed by atoms with Crippen LogP contribution in [0.5, 0.6) is 0 Å². The minimum absolute atomic E-state index is 0.197. The Kier molecular flexibility index (Phi) is 3.84. The summed E-state index contributed by atoms with van der Waals surface area (Å²) in [4.78, 5) is 14.9. The van der Waals surface area contributed by atoms with Gasteiger partial charge >= 0.3 is 0 Å². The lowest BCUT2D eigenvalue weighted by Gasteiger charge is -2.25. The maximum Gasteiger partial charge on any atom is 0.242 e. The van der Waals surface area contributed by atoms with Crippen molar-refractivity contribution in [3.05, 3.63) is 54.5 Å². The molecule has 0 aliphatic carbocycles. The molecule has 1 aliphatic rings. The summed E-state index contributed by atoms with van der Waals surface area (Å²) in [7, 11) is 0. The van der Waals surface area contributed by atoms with Crippen LogP contribution in [0.1, 0.15) is 18.4 Å². The van der Waals surface area contributed by atoms with Crippen LogP contribution >= 0.6 is 0 Å². The zero-order valence-corrected chi connectivity index (χ0v) is 13.9. The Morgan fingerprint density at radius 2 is 2.17 bits per heavy atom. The van der Waals surface area contributed by atoms with E-state index in [2.05, 4.69) is 23.3 Å². The molecule has 2 aromatic heterocycles. The molecule has 4 rings (SSSR count). The van der Waals surface area contributed by atoms with E-state index in [0.29, 0.717) is 6.54 Å². The Hall–Kier alpha value is -2.56. The number of hydrogen-bond donors (Lipinski definition) is 0. The number of fused-ring (bicyclic) bond motifs is 1. The first-order valence-corrected chi connectivity index (χ1v) is 8.53. The number of nitrogens with zero attached hydrogens (tertiary/aromatic N) is 4. The van der Waals surface area contributed by atoms with Crippen LogP contribution < -0.4 is 0 Å². The summed E-state index contributed by atoms with van der Waals surface area (Å²) in [5, 5.41) is 5.54.